The fraction of sp³-hybridized carbons (Fsp3) is 0.440. The third kappa shape index (κ3) is 4.84. The molecule has 2 aliphatic rings. The zero-order chi connectivity index (χ0) is 25.6. The lowest BCUT2D eigenvalue weighted by molar-refractivity contribution is 0.0218. The van der Waals surface area contributed by atoms with Crippen molar-refractivity contribution in [2.24, 2.45) is 5.41 Å². The van der Waals surface area contributed by atoms with Crippen molar-refractivity contribution in [2.45, 2.75) is 48.6 Å². The van der Waals surface area contributed by atoms with Gasteiger partial charge < -0.3 is 10.1 Å². The van der Waals surface area contributed by atoms with Gasteiger partial charge in [0.15, 0.2) is 9.84 Å². The maximum Gasteiger partial charge on any atom is 0.243 e. The van der Waals surface area contributed by atoms with Crippen LogP contribution >= 0.6 is 0 Å². The molecule has 3 aromatic rings. The summed E-state index contributed by atoms with van der Waals surface area (Å²) in [6, 6.07) is 11.6. The van der Waals surface area contributed by atoms with Gasteiger partial charge in [0, 0.05) is 43.6 Å². The Morgan fingerprint density at radius 2 is 1.89 bits per heavy atom. The normalized spacial score (nSPS) is 20.7. The monoisotopic (exact) mass is 530 g/mol. The van der Waals surface area contributed by atoms with Crippen molar-refractivity contribution in [3.8, 4) is 0 Å². The van der Waals surface area contributed by atoms with Gasteiger partial charge in [-0.1, -0.05) is 0 Å². The first-order valence-electron chi connectivity index (χ1n) is 12.0. The van der Waals surface area contributed by atoms with E-state index in [2.05, 4.69) is 15.3 Å². The van der Waals surface area contributed by atoms with E-state index in [4.69, 9.17) is 4.74 Å². The molecule has 1 aromatic carbocycles. The maximum absolute atomic E-state index is 13.6. The Balaban J connectivity index is 1.35. The number of pyridine rings is 2. The molecule has 1 N–H and O–H groups in total. The highest BCUT2D eigenvalue weighted by Gasteiger charge is 2.47. The van der Waals surface area contributed by atoms with Crippen LogP contribution in [0.4, 0.5) is 5.82 Å². The summed E-state index contributed by atoms with van der Waals surface area (Å²) in [6.45, 7) is 4.08. The molecule has 11 heteroatoms. The molecule has 1 spiro atoms. The highest BCUT2D eigenvalue weighted by Crippen LogP contribution is 2.44. The van der Waals surface area contributed by atoms with Crippen LogP contribution in [-0.4, -0.2) is 63.2 Å². The standard InChI is InChI=1S/C25H30N4O5S2/c1-18-15-25(9-12-34-13-10-25)17-29(18)36(32,33)20-6-7-21-19(14-20)5-8-24(28-21)27-16-22-23(35(2,30)31)4-3-11-26-22/h3-8,11,14,18H,9-10,12-13,15-17H2,1-2H3,(H,27,28)/t18-/m0/s1. The molecule has 0 bridgehead atoms. The number of nitrogens with one attached hydrogen (secondary N) is 1. The lowest BCUT2D eigenvalue weighted by Gasteiger charge is -2.33. The van der Waals surface area contributed by atoms with E-state index in [0.29, 0.717) is 42.2 Å². The number of rotatable bonds is 6. The molecular formula is C25H30N4O5S2. The number of sulfone groups is 1. The Morgan fingerprint density at radius 1 is 1.11 bits per heavy atom. The molecule has 0 saturated carbocycles. The average molecular weight is 531 g/mol. The van der Waals surface area contributed by atoms with Crippen molar-refractivity contribution in [1.29, 1.82) is 0 Å². The van der Waals surface area contributed by atoms with Gasteiger partial charge >= 0.3 is 0 Å². The Kier molecular flexibility index (Phi) is 6.52. The second-order valence-corrected chi connectivity index (χ2v) is 13.7. The fourth-order valence-electron chi connectivity index (χ4n) is 5.33. The minimum Gasteiger partial charge on any atom is -0.381 e. The summed E-state index contributed by atoms with van der Waals surface area (Å²) < 4.78 is 58.3. The Labute approximate surface area is 211 Å². The number of nitrogens with zero attached hydrogens (tertiary/aromatic N) is 3. The van der Waals surface area contributed by atoms with E-state index >= 15 is 0 Å². The molecule has 192 valence electrons. The van der Waals surface area contributed by atoms with Gasteiger partial charge in [0.1, 0.15) is 5.82 Å². The molecule has 2 aliphatic heterocycles. The number of fused-ring (bicyclic) bond motifs is 1. The molecule has 4 heterocycles. The highest BCUT2D eigenvalue weighted by atomic mass is 32.2. The SMILES string of the molecule is C[C@H]1CC2(CCOCC2)CN1S(=O)(=O)c1ccc2nc(NCc3ncccc3S(C)(=O)=O)ccc2c1. The van der Waals surface area contributed by atoms with E-state index < -0.39 is 19.9 Å². The molecular weight excluding hydrogens is 500 g/mol. The third-order valence-corrected chi connectivity index (χ3v) is 10.3. The van der Waals surface area contributed by atoms with Crippen molar-refractivity contribution in [3.05, 3.63) is 54.4 Å². The third-order valence-electron chi connectivity index (χ3n) is 7.22. The van der Waals surface area contributed by atoms with Crippen molar-refractivity contribution < 1.29 is 21.6 Å². The van der Waals surface area contributed by atoms with Crippen LogP contribution in [0.2, 0.25) is 0 Å². The van der Waals surface area contributed by atoms with E-state index in [1.54, 1.807) is 40.8 Å². The molecule has 5 rings (SSSR count). The molecule has 2 aromatic heterocycles. The summed E-state index contributed by atoms with van der Waals surface area (Å²) in [6.07, 6.45) is 5.35. The molecule has 0 unspecified atom stereocenters. The largest absolute Gasteiger partial charge is 0.381 e. The number of anilines is 1. The quantitative estimate of drug-likeness (QED) is 0.516. The molecule has 36 heavy (non-hydrogen) atoms. The van der Waals surface area contributed by atoms with E-state index in [9.17, 15) is 16.8 Å². The fourth-order valence-corrected chi connectivity index (χ4v) is 7.99. The first-order valence-corrected chi connectivity index (χ1v) is 15.3. The van der Waals surface area contributed by atoms with Gasteiger partial charge in [-0.3, -0.25) is 4.98 Å². The lowest BCUT2D eigenvalue weighted by atomic mass is 9.78. The van der Waals surface area contributed by atoms with Gasteiger partial charge in [-0.15, -0.1) is 0 Å². The van der Waals surface area contributed by atoms with Crippen LogP contribution in [0.15, 0.2) is 58.5 Å². The molecule has 0 aliphatic carbocycles. The molecule has 1 atom stereocenters. The first-order chi connectivity index (χ1) is 17.1. The van der Waals surface area contributed by atoms with Crippen molar-refractivity contribution in [1.82, 2.24) is 14.3 Å². The van der Waals surface area contributed by atoms with Gasteiger partial charge in [-0.05, 0) is 74.1 Å². The second-order valence-electron chi connectivity index (χ2n) is 9.84. The Hall–Kier alpha value is -2.60. The topological polar surface area (TPSA) is 119 Å². The average Bonchev–Trinajstić information content (AvgIpc) is 3.18. The van der Waals surface area contributed by atoms with Crippen LogP contribution in [0.25, 0.3) is 10.9 Å². The molecule has 0 amide bonds. The van der Waals surface area contributed by atoms with E-state index in [1.165, 1.54) is 6.07 Å². The van der Waals surface area contributed by atoms with Gasteiger partial charge in [-0.25, -0.2) is 21.8 Å². The van der Waals surface area contributed by atoms with Crippen LogP contribution < -0.4 is 5.32 Å². The lowest BCUT2D eigenvalue weighted by Crippen LogP contribution is -2.37. The predicted molar refractivity (Wildman–Crippen MR) is 137 cm³/mol. The number of sulfonamides is 1. The zero-order valence-electron chi connectivity index (χ0n) is 20.3. The summed E-state index contributed by atoms with van der Waals surface area (Å²) in [5.74, 6) is 0.540. The minimum atomic E-state index is -3.65. The Bertz CT molecular complexity index is 1500. The number of ether oxygens (including phenoxy) is 1. The van der Waals surface area contributed by atoms with Crippen LogP contribution in [0, 0.1) is 5.41 Å². The number of benzene rings is 1. The predicted octanol–water partition coefficient (Wildman–Crippen LogP) is 3.23. The van der Waals surface area contributed by atoms with Gasteiger partial charge in [0.25, 0.3) is 0 Å². The van der Waals surface area contributed by atoms with Gasteiger partial charge in [0.05, 0.1) is 27.5 Å². The van der Waals surface area contributed by atoms with Crippen LogP contribution in [0.1, 0.15) is 31.9 Å². The summed E-state index contributed by atoms with van der Waals surface area (Å²) in [7, 11) is -7.05. The highest BCUT2D eigenvalue weighted by molar-refractivity contribution is 7.90. The second kappa shape index (κ2) is 9.37. The summed E-state index contributed by atoms with van der Waals surface area (Å²) >= 11 is 0. The van der Waals surface area contributed by atoms with E-state index in [0.717, 1.165) is 25.5 Å². The van der Waals surface area contributed by atoms with Gasteiger partial charge in [-0.2, -0.15) is 4.31 Å². The van der Waals surface area contributed by atoms with Gasteiger partial charge in [0.2, 0.25) is 10.0 Å². The zero-order valence-corrected chi connectivity index (χ0v) is 22.0. The number of hydrogen-bond acceptors (Lipinski definition) is 8. The summed E-state index contributed by atoms with van der Waals surface area (Å²) in [5.41, 5.74) is 1.05. The number of aromatic nitrogens is 2. The van der Waals surface area contributed by atoms with Crippen LogP contribution in [0.5, 0.6) is 0 Å². The van der Waals surface area contributed by atoms with Crippen molar-refractivity contribution >= 4 is 36.6 Å². The van der Waals surface area contributed by atoms with E-state index in [1.807, 2.05) is 13.0 Å². The van der Waals surface area contributed by atoms with E-state index in [-0.39, 0.29) is 27.8 Å². The van der Waals surface area contributed by atoms with Crippen LogP contribution in [-0.2, 0) is 31.1 Å². The Morgan fingerprint density at radius 3 is 2.64 bits per heavy atom. The summed E-state index contributed by atoms with van der Waals surface area (Å²) in [5, 5.41) is 3.83. The van der Waals surface area contributed by atoms with Crippen molar-refractivity contribution in [3.63, 3.8) is 0 Å². The molecule has 9 nitrogen and oxygen atoms in total. The van der Waals surface area contributed by atoms with Crippen LogP contribution in [0.3, 0.4) is 0 Å². The smallest absolute Gasteiger partial charge is 0.243 e. The minimum absolute atomic E-state index is 0.00823. The molecule has 2 saturated heterocycles. The first kappa shape index (κ1) is 25.1. The molecule has 0 radical (unpaired) electrons. The molecule has 2 fully saturated rings. The maximum atomic E-state index is 13.6. The summed E-state index contributed by atoms with van der Waals surface area (Å²) in [4.78, 5) is 9.20. The number of hydrogen-bond donors (Lipinski definition) is 1. The van der Waals surface area contributed by atoms with Crippen molar-refractivity contribution in [2.75, 3.05) is 31.3 Å².